The SMILES string of the molecule is [Nb+2].[OH-].[OH-].[OH-].[OH-].[Pb].[Ti].[Zr+2]. The van der Waals surface area contributed by atoms with E-state index in [-0.39, 0.29) is 120 Å². The molecule has 0 amide bonds. The summed E-state index contributed by atoms with van der Waals surface area (Å²) in [4.78, 5) is 0. The van der Waals surface area contributed by atoms with Gasteiger partial charge in [-0.15, -0.1) is 0 Å². The Labute approximate surface area is 117 Å². The molecule has 0 rings (SSSR count). The van der Waals surface area contributed by atoms with Crippen LogP contribution in [0.4, 0.5) is 0 Å². The molecule has 0 aromatic rings. The van der Waals surface area contributed by atoms with Crippen LogP contribution < -0.4 is 0 Å². The third-order valence-corrected chi connectivity index (χ3v) is 0. The van der Waals surface area contributed by atoms with Gasteiger partial charge in [0.1, 0.15) is 0 Å². The van der Waals surface area contributed by atoms with Crippen molar-refractivity contribution in [1.82, 2.24) is 0 Å². The van der Waals surface area contributed by atoms with Crippen molar-refractivity contribution in [2.24, 2.45) is 0 Å². The first-order chi connectivity index (χ1) is 0. The average Bonchev–Trinajstić information content (AvgIpc) is 0. The fourth-order valence-corrected chi connectivity index (χ4v) is 0. The van der Waals surface area contributed by atoms with E-state index in [0.717, 1.165) is 0 Å². The molecule has 4 nitrogen and oxygen atoms in total. The molecule has 8 heavy (non-hydrogen) atoms. The van der Waals surface area contributed by atoms with Gasteiger partial charge >= 0.3 is 48.6 Å². The molecule has 0 aromatic carbocycles. The van der Waals surface area contributed by atoms with Gasteiger partial charge < -0.3 is 21.9 Å². The van der Waals surface area contributed by atoms with Crippen LogP contribution >= 0.6 is 0 Å². The zero-order valence-electron chi connectivity index (χ0n) is 3.74. The third kappa shape index (κ3) is 62.1. The molecule has 0 heterocycles. The summed E-state index contributed by atoms with van der Waals surface area (Å²) in [5.74, 6) is 0. The Balaban J connectivity index is 0. The predicted octanol–water partition coefficient (Wildman–Crippen LogP) is -1.10. The summed E-state index contributed by atoms with van der Waals surface area (Å²) in [5.41, 5.74) is 0. The topological polar surface area (TPSA) is 120 Å². The van der Waals surface area contributed by atoms with E-state index in [1.54, 1.807) is 0 Å². The maximum absolute atomic E-state index is 0. The van der Waals surface area contributed by atoms with Crippen molar-refractivity contribution in [1.29, 1.82) is 0 Å². The van der Waals surface area contributed by atoms with Crippen LogP contribution in [0.25, 0.3) is 0 Å². The molecule has 0 aliphatic rings. The molecule has 0 spiro atoms. The molecule has 5 radical (unpaired) electrons. The molecule has 0 unspecified atom stereocenters. The van der Waals surface area contributed by atoms with Crippen LogP contribution in [-0.4, -0.2) is 49.2 Å². The smallest absolute Gasteiger partial charge is 0.870 e. The fourth-order valence-electron chi connectivity index (χ4n) is 0. The van der Waals surface area contributed by atoms with Gasteiger partial charge in [0.05, 0.1) is 0 Å². The Morgan fingerprint density at radius 1 is 0.625 bits per heavy atom. The van der Waals surface area contributed by atoms with Crippen LogP contribution in [0.15, 0.2) is 0 Å². The molecule has 0 saturated carbocycles. The van der Waals surface area contributed by atoms with Crippen molar-refractivity contribution >= 4 is 27.3 Å². The van der Waals surface area contributed by atoms with Gasteiger partial charge in [-0.05, 0) is 0 Å². The first-order valence-electron chi connectivity index (χ1n) is 0. The van der Waals surface area contributed by atoms with E-state index < -0.39 is 0 Å². The van der Waals surface area contributed by atoms with Crippen molar-refractivity contribution < 1.29 is 92.2 Å². The Hall–Kier alpha value is 3.10. The van der Waals surface area contributed by atoms with E-state index in [4.69, 9.17) is 0 Å². The van der Waals surface area contributed by atoms with Gasteiger partial charge in [0, 0.05) is 49.0 Å². The van der Waals surface area contributed by atoms with Crippen LogP contribution in [0.5, 0.6) is 0 Å². The van der Waals surface area contributed by atoms with Gasteiger partial charge in [0.15, 0.2) is 0 Å². The number of hydrogen-bond donors (Lipinski definition) is 0. The average molecular weight is 507 g/mol. The molecule has 0 aliphatic heterocycles. The van der Waals surface area contributed by atoms with E-state index in [0.29, 0.717) is 0 Å². The fraction of sp³-hybridized carbons (Fsp3) is 0. The maximum atomic E-state index is 0. The van der Waals surface area contributed by atoms with Crippen molar-refractivity contribution in [3.63, 3.8) is 0 Å². The summed E-state index contributed by atoms with van der Waals surface area (Å²) in [6, 6.07) is 0. The number of rotatable bonds is 0. The second kappa shape index (κ2) is 87.0. The molecule has 0 bridgehead atoms. The summed E-state index contributed by atoms with van der Waals surface area (Å²) in [7, 11) is 0. The maximum Gasteiger partial charge on any atom is 2.00 e. The van der Waals surface area contributed by atoms with Crippen molar-refractivity contribution in [3.05, 3.63) is 0 Å². The van der Waals surface area contributed by atoms with Gasteiger partial charge in [0.2, 0.25) is 0 Å². The minimum Gasteiger partial charge on any atom is -0.870 e. The van der Waals surface area contributed by atoms with Crippen LogP contribution in [0.2, 0.25) is 0 Å². The minimum absolute atomic E-state index is 0. The molecule has 4 N–H and O–H groups in total. The summed E-state index contributed by atoms with van der Waals surface area (Å²) >= 11 is 0. The van der Waals surface area contributed by atoms with Gasteiger partial charge in [0.25, 0.3) is 0 Å². The molecule has 0 aliphatic carbocycles. The second-order valence-corrected chi connectivity index (χ2v) is 0. The predicted molar refractivity (Wildman–Crippen MR) is 13.5 cm³/mol. The molecule has 8 heteroatoms. The first-order valence-corrected chi connectivity index (χ1v) is 0. The summed E-state index contributed by atoms with van der Waals surface area (Å²) in [6.07, 6.45) is 0. The summed E-state index contributed by atoms with van der Waals surface area (Å²) in [5, 5.41) is 0. The van der Waals surface area contributed by atoms with E-state index in [1.165, 1.54) is 0 Å². The monoisotopic (exact) mass is 507 g/mol. The zero-order chi connectivity index (χ0) is 0. The van der Waals surface area contributed by atoms with Crippen molar-refractivity contribution in [3.8, 4) is 0 Å². The van der Waals surface area contributed by atoms with E-state index in [9.17, 15) is 0 Å². The van der Waals surface area contributed by atoms with Crippen LogP contribution in [0.1, 0.15) is 0 Å². The molecule has 0 aromatic heterocycles. The molecular weight excluding hydrogens is 503 g/mol. The van der Waals surface area contributed by atoms with Gasteiger partial charge in [-0.3, -0.25) is 0 Å². The van der Waals surface area contributed by atoms with Crippen LogP contribution in [-0.2, 0) is 70.3 Å². The number of hydrogen-bond acceptors (Lipinski definition) is 4. The standard InChI is InChI=1S/Nb.4H2O.Pb.Ti.Zr/h;4*1H2;;;/q+2;;;;;;;+2/p-4. The van der Waals surface area contributed by atoms with E-state index >= 15 is 0 Å². The Bertz CT molecular complexity index is 16.0. The zero-order valence-corrected chi connectivity index (χ0v) is 13.8. The van der Waals surface area contributed by atoms with Crippen molar-refractivity contribution in [2.75, 3.05) is 0 Å². The minimum atomic E-state index is 0. The van der Waals surface area contributed by atoms with E-state index in [2.05, 4.69) is 0 Å². The quantitative estimate of drug-likeness (QED) is 0.387. The first kappa shape index (κ1) is 118. The molecule has 0 fully saturated rings. The van der Waals surface area contributed by atoms with Crippen molar-refractivity contribution in [2.45, 2.75) is 0 Å². The Morgan fingerprint density at radius 3 is 0.625 bits per heavy atom. The largest absolute Gasteiger partial charge is 2.00 e. The Morgan fingerprint density at radius 2 is 0.625 bits per heavy atom. The molecular formula is H4NbO4PbTiZr. The van der Waals surface area contributed by atoms with Gasteiger partial charge in [-0.25, -0.2) is 0 Å². The molecule has 0 saturated heterocycles. The normalized spacial score (nSPS) is 0. The van der Waals surface area contributed by atoms with Gasteiger partial charge in [-0.1, -0.05) is 0 Å². The molecule has 45 valence electrons. The van der Waals surface area contributed by atoms with E-state index in [1.807, 2.05) is 0 Å². The summed E-state index contributed by atoms with van der Waals surface area (Å²) in [6.45, 7) is 0. The third-order valence-electron chi connectivity index (χ3n) is 0. The molecule has 0 atom stereocenters. The second-order valence-electron chi connectivity index (χ2n) is 0. The van der Waals surface area contributed by atoms with Crippen LogP contribution in [0, 0.1) is 0 Å². The van der Waals surface area contributed by atoms with Gasteiger partial charge in [-0.2, -0.15) is 0 Å². The van der Waals surface area contributed by atoms with Crippen LogP contribution in [0.3, 0.4) is 0 Å². The summed E-state index contributed by atoms with van der Waals surface area (Å²) < 4.78 is 0. The Kier molecular flexibility index (Phi) is 1280.